The zero-order chi connectivity index (χ0) is 14.3. The van der Waals surface area contributed by atoms with E-state index in [0.29, 0.717) is 18.1 Å². The van der Waals surface area contributed by atoms with Crippen molar-refractivity contribution in [3.05, 3.63) is 30.5 Å². The molecule has 20 heavy (non-hydrogen) atoms. The van der Waals surface area contributed by atoms with Crippen molar-refractivity contribution in [3.8, 4) is 0 Å². The van der Waals surface area contributed by atoms with Crippen molar-refractivity contribution in [1.29, 1.82) is 0 Å². The molecule has 1 atom stereocenters. The molecule has 5 nitrogen and oxygen atoms in total. The molecule has 0 aliphatic carbocycles. The highest BCUT2D eigenvalue weighted by Gasteiger charge is 2.32. The van der Waals surface area contributed by atoms with Crippen LogP contribution in [0.3, 0.4) is 0 Å². The number of benzene rings is 1. The van der Waals surface area contributed by atoms with Gasteiger partial charge in [0.25, 0.3) is 0 Å². The molecule has 108 valence electrons. The first-order valence-corrected chi connectivity index (χ1v) is 8.05. The van der Waals surface area contributed by atoms with E-state index in [1.165, 1.54) is 4.31 Å². The van der Waals surface area contributed by atoms with E-state index in [-0.39, 0.29) is 6.04 Å². The second-order valence-electron chi connectivity index (χ2n) is 5.16. The number of para-hydroxylation sites is 1. The molecule has 0 N–H and O–H groups in total. The molecule has 0 amide bonds. The first kappa shape index (κ1) is 13.6. The molecule has 0 bridgehead atoms. The van der Waals surface area contributed by atoms with Gasteiger partial charge >= 0.3 is 0 Å². The van der Waals surface area contributed by atoms with Gasteiger partial charge in [0, 0.05) is 37.8 Å². The number of rotatable bonds is 3. The number of likely N-dealkylation sites (N-methyl/N-ethyl adjacent to an activating group) is 1. The Morgan fingerprint density at radius 1 is 1.35 bits per heavy atom. The fraction of sp³-hybridized carbons (Fsp3) is 0.429. The number of nitrogens with zero attached hydrogens (tertiary/aromatic N) is 2. The highest BCUT2D eigenvalue weighted by Crippen LogP contribution is 2.28. The summed E-state index contributed by atoms with van der Waals surface area (Å²) >= 11 is 0. The monoisotopic (exact) mass is 294 g/mol. The number of aryl methyl sites for hydroxylation is 1. The fourth-order valence-corrected chi connectivity index (χ4v) is 4.28. The molecule has 0 saturated carbocycles. The zero-order valence-electron chi connectivity index (χ0n) is 11.6. The van der Waals surface area contributed by atoms with Crippen LogP contribution in [0.25, 0.3) is 10.9 Å². The SMILES string of the molecule is CN(C1CCOC1)S(=O)(=O)c1cn(C)c2ccccc12. The van der Waals surface area contributed by atoms with Gasteiger partial charge in [-0.05, 0) is 12.5 Å². The highest BCUT2D eigenvalue weighted by atomic mass is 32.2. The van der Waals surface area contributed by atoms with Crippen molar-refractivity contribution in [3.63, 3.8) is 0 Å². The Kier molecular flexibility index (Phi) is 3.32. The standard InChI is InChI=1S/C14H18N2O3S/c1-15-9-14(12-5-3-4-6-13(12)15)20(17,18)16(2)11-7-8-19-10-11/h3-6,9,11H,7-8,10H2,1-2H3. The Morgan fingerprint density at radius 2 is 2.10 bits per heavy atom. The van der Waals surface area contributed by atoms with Crippen LogP contribution in [0, 0.1) is 0 Å². The molecule has 1 saturated heterocycles. The molecule has 1 aliphatic heterocycles. The normalized spacial score (nSPS) is 20.1. The summed E-state index contributed by atoms with van der Waals surface area (Å²) in [5, 5.41) is 0.765. The Labute approximate surface area is 118 Å². The number of aromatic nitrogens is 1. The first-order valence-electron chi connectivity index (χ1n) is 6.61. The van der Waals surface area contributed by atoms with E-state index in [1.807, 2.05) is 35.9 Å². The summed E-state index contributed by atoms with van der Waals surface area (Å²) in [6, 6.07) is 7.47. The maximum atomic E-state index is 12.8. The van der Waals surface area contributed by atoms with E-state index in [1.54, 1.807) is 13.2 Å². The maximum absolute atomic E-state index is 12.8. The summed E-state index contributed by atoms with van der Waals surface area (Å²) in [4.78, 5) is 0.366. The Morgan fingerprint density at radius 3 is 2.80 bits per heavy atom. The Hall–Kier alpha value is -1.37. The van der Waals surface area contributed by atoms with Gasteiger partial charge < -0.3 is 9.30 Å². The van der Waals surface area contributed by atoms with Gasteiger partial charge in [-0.15, -0.1) is 0 Å². The van der Waals surface area contributed by atoms with Crippen molar-refractivity contribution in [2.45, 2.75) is 17.4 Å². The predicted octanol–water partition coefficient (Wildman–Crippen LogP) is 1.59. The number of ether oxygens (including phenoxy) is 1. The minimum atomic E-state index is -3.50. The lowest BCUT2D eigenvalue weighted by Crippen LogP contribution is -2.37. The Balaban J connectivity index is 2.09. The molecular weight excluding hydrogens is 276 g/mol. The molecule has 1 aromatic heterocycles. The van der Waals surface area contributed by atoms with Crippen molar-refractivity contribution in [2.24, 2.45) is 7.05 Å². The van der Waals surface area contributed by atoms with E-state index in [0.717, 1.165) is 17.3 Å². The summed E-state index contributed by atoms with van der Waals surface area (Å²) in [5.41, 5.74) is 0.919. The van der Waals surface area contributed by atoms with E-state index in [9.17, 15) is 8.42 Å². The zero-order valence-corrected chi connectivity index (χ0v) is 12.4. The minimum Gasteiger partial charge on any atom is -0.380 e. The Bertz CT molecular complexity index is 730. The van der Waals surface area contributed by atoms with Gasteiger partial charge in [0.15, 0.2) is 0 Å². The van der Waals surface area contributed by atoms with Crippen molar-refractivity contribution in [2.75, 3.05) is 20.3 Å². The van der Waals surface area contributed by atoms with Crippen molar-refractivity contribution < 1.29 is 13.2 Å². The number of sulfonamides is 1. The number of hydrogen-bond acceptors (Lipinski definition) is 3. The molecule has 3 rings (SSSR count). The van der Waals surface area contributed by atoms with Gasteiger partial charge in [0.2, 0.25) is 10.0 Å². The molecular formula is C14H18N2O3S. The molecule has 6 heteroatoms. The van der Waals surface area contributed by atoms with E-state index in [2.05, 4.69) is 0 Å². The average Bonchev–Trinajstić information content (AvgIpc) is 3.07. The van der Waals surface area contributed by atoms with Crippen LogP contribution >= 0.6 is 0 Å². The van der Waals surface area contributed by atoms with Gasteiger partial charge in [-0.3, -0.25) is 0 Å². The molecule has 1 unspecified atom stereocenters. The number of fused-ring (bicyclic) bond motifs is 1. The first-order chi connectivity index (χ1) is 9.51. The molecule has 1 aromatic carbocycles. The van der Waals surface area contributed by atoms with E-state index < -0.39 is 10.0 Å². The van der Waals surface area contributed by atoms with Crippen molar-refractivity contribution in [1.82, 2.24) is 8.87 Å². The lowest BCUT2D eigenvalue weighted by atomic mass is 10.2. The summed E-state index contributed by atoms with van der Waals surface area (Å²) in [6.45, 7) is 1.10. The molecule has 1 fully saturated rings. The smallest absolute Gasteiger partial charge is 0.245 e. The van der Waals surface area contributed by atoms with Crippen LogP contribution in [0.15, 0.2) is 35.4 Å². The lowest BCUT2D eigenvalue weighted by Gasteiger charge is -2.22. The van der Waals surface area contributed by atoms with Crippen LogP contribution in [0.1, 0.15) is 6.42 Å². The summed E-state index contributed by atoms with van der Waals surface area (Å²) in [7, 11) is 0.000843. The second kappa shape index (κ2) is 4.87. The van der Waals surface area contributed by atoms with Gasteiger partial charge in [0.05, 0.1) is 12.6 Å². The molecule has 2 aromatic rings. The van der Waals surface area contributed by atoms with Gasteiger partial charge in [-0.25, -0.2) is 8.42 Å². The van der Waals surface area contributed by atoms with Crippen LogP contribution in [0.5, 0.6) is 0 Å². The second-order valence-corrected chi connectivity index (χ2v) is 7.13. The van der Waals surface area contributed by atoms with Crippen LogP contribution in [-0.4, -0.2) is 43.6 Å². The minimum absolute atomic E-state index is 0.0704. The van der Waals surface area contributed by atoms with Gasteiger partial charge in [0.1, 0.15) is 4.90 Å². The maximum Gasteiger partial charge on any atom is 0.245 e. The van der Waals surface area contributed by atoms with E-state index in [4.69, 9.17) is 4.74 Å². The highest BCUT2D eigenvalue weighted by molar-refractivity contribution is 7.89. The largest absolute Gasteiger partial charge is 0.380 e. The van der Waals surface area contributed by atoms with Crippen LogP contribution < -0.4 is 0 Å². The fourth-order valence-electron chi connectivity index (χ4n) is 2.67. The van der Waals surface area contributed by atoms with Crippen LogP contribution in [-0.2, 0) is 21.8 Å². The third kappa shape index (κ3) is 2.04. The van der Waals surface area contributed by atoms with Gasteiger partial charge in [-0.2, -0.15) is 4.31 Å². The topological polar surface area (TPSA) is 51.5 Å². The third-order valence-electron chi connectivity index (χ3n) is 3.94. The van der Waals surface area contributed by atoms with Crippen LogP contribution in [0.4, 0.5) is 0 Å². The van der Waals surface area contributed by atoms with E-state index >= 15 is 0 Å². The molecule has 0 radical (unpaired) electrons. The summed E-state index contributed by atoms with van der Waals surface area (Å²) < 4.78 is 34.2. The summed E-state index contributed by atoms with van der Waals surface area (Å²) in [6.07, 6.45) is 2.44. The number of hydrogen-bond donors (Lipinski definition) is 0. The molecule has 2 heterocycles. The van der Waals surface area contributed by atoms with Gasteiger partial charge in [-0.1, -0.05) is 18.2 Å². The molecule has 0 spiro atoms. The van der Waals surface area contributed by atoms with Crippen LogP contribution in [0.2, 0.25) is 0 Å². The lowest BCUT2D eigenvalue weighted by molar-refractivity contribution is 0.181. The predicted molar refractivity (Wildman–Crippen MR) is 77.1 cm³/mol. The quantitative estimate of drug-likeness (QED) is 0.864. The average molecular weight is 294 g/mol. The van der Waals surface area contributed by atoms with Crippen molar-refractivity contribution >= 4 is 20.9 Å². The molecule has 1 aliphatic rings. The summed E-state index contributed by atoms with van der Waals surface area (Å²) in [5.74, 6) is 0. The third-order valence-corrected chi connectivity index (χ3v) is 5.87.